The van der Waals surface area contributed by atoms with E-state index in [0.29, 0.717) is 18.0 Å². The summed E-state index contributed by atoms with van der Waals surface area (Å²) in [6.07, 6.45) is 0.686. The lowest BCUT2D eigenvalue weighted by molar-refractivity contribution is 0.412. The van der Waals surface area contributed by atoms with E-state index in [-0.39, 0.29) is 0 Å². The molecule has 0 spiro atoms. The van der Waals surface area contributed by atoms with Crippen LogP contribution in [0.25, 0.3) is 0 Å². The molecule has 0 atom stereocenters. The average molecular weight is 278 g/mol. The summed E-state index contributed by atoms with van der Waals surface area (Å²) in [5.74, 6) is 2.27. The van der Waals surface area contributed by atoms with E-state index in [1.807, 2.05) is 42.5 Å². The van der Waals surface area contributed by atoms with Gasteiger partial charge in [-0.05, 0) is 49.4 Å². The Morgan fingerprint density at radius 3 is 2.37 bits per heavy atom. The first kappa shape index (κ1) is 13.7. The Kier molecular flexibility index (Phi) is 4.66. The quantitative estimate of drug-likeness (QED) is 0.907. The molecule has 0 aliphatic rings. The second kappa shape index (κ2) is 6.45. The van der Waals surface area contributed by atoms with Crippen LogP contribution in [0, 0.1) is 0 Å². The molecule has 2 aromatic rings. The number of rotatable bonds is 5. The lowest BCUT2D eigenvalue weighted by atomic mass is 10.1. The lowest BCUT2D eigenvalue weighted by Gasteiger charge is -2.12. The van der Waals surface area contributed by atoms with Crippen LogP contribution < -0.4 is 15.2 Å². The van der Waals surface area contributed by atoms with Crippen LogP contribution in [0.5, 0.6) is 17.2 Å². The highest BCUT2D eigenvalue weighted by Crippen LogP contribution is 2.31. The summed E-state index contributed by atoms with van der Waals surface area (Å²) in [5, 5.41) is 0.677. The van der Waals surface area contributed by atoms with Crippen molar-refractivity contribution in [2.24, 2.45) is 5.73 Å². The van der Waals surface area contributed by atoms with Crippen molar-refractivity contribution in [2.75, 3.05) is 13.7 Å². The molecule has 0 unspecified atom stereocenters. The van der Waals surface area contributed by atoms with Gasteiger partial charge in [0, 0.05) is 10.6 Å². The van der Waals surface area contributed by atoms with Crippen molar-refractivity contribution in [3.05, 3.63) is 53.1 Å². The molecule has 0 radical (unpaired) electrons. The summed E-state index contributed by atoms with van der Waals surface area (Å²) >= 11 is 6.17. The second-order valence-corrected chi connectivity index (χ2v) is 4.44. The maximum Gasteiger partial charge on any atom is 0.132 e. The Morgan fingerprint density at radius 1 is 1.05 bits per heavy atom. The third-order valence-corrected chi connectivity index (χ3v) is 3.11. The van der Waals surface area contributed by atoms with Crippen molar-refractivity contribution < 1.29 is 9.47 Å². The smallest absolute Gasteiger partial charge is 0.132 e. The highest BCUT2D eigenvalue weighted by atomic mass is 35.5. The molecule has 0 saturated carbocycles. The van der Waals surface area contributed by atoms with Crippen LogP contribution in [0.3, 0.4) is 0 Å². The fourth-order valence-electron chi connectivity index (χ4n) is 1.79. The number of nitrogens with two attached hydrogens (primary N) is 1. The maximum atomic E-state index is 6.17. The second-order valence-electron chi connectivity index (χ2n) is 4.03. The third kappa shape index (κ3) is 3.40. The van der Waals surface area contributed by atoms with Gasteiger partial charge in [-0.3, -0.25) is 0 Å². The molecule has 0 aromatic heterocycles. The van der Waals surface area contributed by atoms with Gasteiger partial charge in [0.05, 0.1) is 7.11 Å². The minimum Gasteiger partial charge on any atom is -0.497 e. The Labute approximate surface area is 117 Å². The zero-order valence-electron chi connectivity index (χ0n) is 10.7. The Hall–Kier alpha value is -1.71. The predicted molar refractivity (Wildman–Crippen MR) is 77.3 cm³/mol. The number of hydrogen-bond donors (Lipinski definition) is 1. The van der Waals surface area contributed by atoms with E-state index in [0.717, 1.165) is 22.8 Å². The van der Waals surface area contributed by atoms with E-state index in [4.69, 9.17) is 26.8 Å². The SMILES string of the molecule is COc1ccc(Oc2cccc(Cl)c2CCN)cc1. The van der Waals surface area contributed by atoms with Crippen LogP contribution in [0.4, 0.5) is 0 Å². The molecule has 0 aliphatic heterocycles. The number of ether oxygens (including phenoxy) is 2. The van der Waals surface area contributed by atoms with Gasteiger partial charge >= 0.3 is 0 Å². The molecule has 0 fully saturated rings. The molecule has 3 nitrogen and oxygen atoms in total. The van der Waals surface area contributed by atoms with Gasteiger partial charge in [-0.15, -0.1) is 0 Å². The zero-order chi connectivity index (χ0) is 13.7. The van der Waals surface area contributed by atoms with Crippen LogP contribution >= 0.6 is 11.6 Å². The van der Waals surface area contributed by atoms with Gasteiger partial charge in [0.2, 0.25) is 0 Å². The molecule has 2 N–H and O–H groups in total. The average Bonchev–Trinajstić information content (AvgIpc) is 2.43. The molecule has 0 heterocycles. The molecule has 0 bridgehead atoms. The van der Waals surface area contributed by atoms with Crippen molar-refractivity contribution in [1.29, 1.82) is 0 Å². The summed E-state index contributed by atoms with van der Waals surface area (Å²) in [4.78, 5) is 0. The molecule has 0 aliphatic carbocycles. The number of methoxy groups -OCH3 is 1. The fourth-order valence-corrected chi connectivity index (χ4v) is 2.05. The van der Waals surface area contributed by atoms with Crippen molar-refractivity contribution >= 4 is 11.6 Å². The van der Waals surface area contributed by atoms with E-state index in [1.54, 1.807) is 7.11 Å². The Morgan fingerprint density at radius 2 is 1.74 bits per heavy atom. The zero-order valence-corrected chi connectivity index (χ0v) is 11.5. The molecule has 0 amide bonds. The maximum absolute atomic E-state index is 6.17. The van der Waals surface area contributed by atoms with Gasteiger partial charge in [-0.25, -0.2) is 0 Å². The van der Waals surface area contributed by atoms with Crippen LogP contribution in [-0.2, 0) is 6.42 Å². The molecular formula is C15H16ClNO2. The van der Waals surface area contributed by atoms with Crippen molar-refractivity contribution in [3.8, 4) is 17.2 Å². The standard InChI is InChI=1S/C15H16ClNO2/c1-18-11-5-7-12(8-6-11)19-15-4-2-3-14(16)13(15)9-10-17/h2-8H,9-10,17H2,1H3. The van der Waals surface area contributed by atoms with Gasteiger partial charge in [-0.1, -0.05) is 17.7 Å². The molecule has 2 rings (SSSR count). The van der Waals surface area contributed by atoms with Gasteiger partial charge in [-0.2, -0.15) is 0 Å². The van der Waals surface area contributed by atoms with E-state index < -0.39 is 0 Å². The number of benzene rings is 2. The normalized spacial score (nSPS) is 10.3. The van der Waals surface area contributed by atoms with E-state index in [9.17, 15) is 0 Å². The van der Waals surface area contributed by atoms with Crippen LogP contribution in [0.2, 0.25) is 5.02 Å². The number of hydrogen-bond acceptors (Lipinski definition) is 3. The predicted octanol–water partition coefficient (Wildman–Crippen LogP) is 3.64. The topological polar surface area (TPSA) is 44.5 Å². The van der Waals surface area contributed by atoms with Gasteiger partial charge in [0.15, 0.2) is 0 Å². The van der Waals surface area contributed by atoms with Gasteiger partial charge in [0.25, 0.3) is 0 Å². The van der Waals surface area contributed by atoms with Gasteiger partial charge in [0.1, 0.15) is 17.2 Å². The number of halogens is 1. The highest BCUT2D eigenvalue weighted by Gasteiger charge is 2.08. The summed E-state index contributed by atoms with van der Waals surface area (Å²) in [5.41, 5.74) is 6.53. The van der Waals surface area contributed by atoms with Crippen LogP contribution in [-0.4, -0.2) is 13.7 Å². The first-order valence-electron chi connectivity index (χ1n) is 6.04. The summed E-state index contributed by atoms with van der Waals surface area (Å²) in [6, 6.07) is 13.0. The lowest BCUT2D eigenvalue weighted by Crippen LogP contribution is -2.04. The Balaban J connectivity index is 2.24. The summed E-state index contributed by atoms with van der Waals surface area (Å²) in [6.45, 7) is 0.530. The largest absolute Gasteiger partial charge is 0.497 e. The minimum atomic E-state index is 0.530. The summed E-state index contributed by atoms with van der Waals surface area (Å²) in [7, 11) is 1.63. The highest BCUT2D eigenvalue weighted by molar-refractivity contribution is 6.31. The molecule has 2 aromatic carbocycles. The summed E-state index contributed by atoms with van der Waals surface area (Å²) < 4.78 is 11.0. The van der Waals surface area contributed by atoms with Crippen LogP contribution in [0.1, 0.15) is 5.56 Å². The molecule has 19 heavy (non-hydrogen) atoms. The molecule has 0 saturated heterocycles. The van der Waals surface area contributed by atoms with Crippen LogP contribution in [0.15, 0.2) is 42.5 Å². The van der Waals surface area contributed by atoms with Crippen molar-refractivity contribution in [3.63, 3.8) is 0 Å². The van der Waals surface area contributed by atoms with E-state index in [2.05, 4.69) is 0 Å². The van der Waals surface area contributed by atoms with E-state index in [1.165, 1.54) is 0 Å². The van der Waals surface area contributed by atoms with Crippen molar-refractivity contribution in [2.45, 2.75) is 6.42 Å². The molecule has 100 valence electrons. The monoisotopic (exact) mass is 277 g/mol. The van der Waals surface area contributed by atoms with Gasteiger partial charge < -0.3 is 15.2 Å². The molecule has 4 heteroatoms. The molecular weight excluding hydrogens is 262 g/mol. The fraction of sp³-hybridized carbons (Fsp3) is 0.200. The Bertz CT molecular complexity index is 540. The first-order chi connectivity index (χ1) is 9.24. The van der Waals surface area contributed by atoms with Crippen molar-refractivity contribution in [1.82, 2.24) is 0 Å². The first-order valence-corrected chi connectivity index (χ1v) is 6.41. The van der Waals surface area contributed by atoms with E-state index >= 15 is 0 Å². The minimum absolute atomic E-state index is 0.530. The third-order valence-electron chi connectivity index (χ3n) is 2.76.